The maximum Gasteiger partial charge on any atom is 0.274 e. The number of carbonyl (C=O) groups is 1. The second-order valence-electron chi connectivity index (χ2n) is 8.46. The lowest BCUT2D eigenvalue weighted by Crippen LogP contribution is -2.48. The standard InChI is InChI=1S/C27H28N4O3/c1-33-23-9-6-20(7-10-23)17-29-12-14-30(15-13-29)27(32)25-19-31-18-22(8-11-26(31)28-25)21-4-3-5-24(16-21)34-2/h3-11,16,18-19H,12-15,17H2,1-2H3. The number of fused-ring (bicyclic) bond motifs is 1. The molecular formula is C27H28N4O3. The summed E-state index contributed by atoms with van der Waals surface area (Å²) in [7, 11) is 3.34. The van der Waals surface area contributed by atoms with E-state index in [0.29, 0.717) is 18.8 Å². The lowest BCUT2D eigenvalue weighted by molar-refractivity contribution is 0.0623. The van der Waals surface area contributed by atoms with Crippen LogP contribution in [0.3, 0.4) is 0 Å². The van der Waals surface area contributed by atoms with Gasteiger partial charge in [-0.3, -0.25) is 9.69 Å². The van der Waals surface area contributed by atoms with E-state index in [1.165, 1.54) is 5.56 Å². The van der Waals surface area contributed by atoms with Crippen LogP contribution in [0.1, 0.15) is 16.1 Å². The van der Waals surface area contributed by atoms with E-state index in [-0.39, 0.29) is 5.91 Å². The summed E-state index contributed by atoms with van der Waals surface area (Å²) >= 11 is 0. The van der Waals surface area contributed by atoms with Gasteiger partial charge in [-0.2, -0.15) is 0 Å². The molecule has 0 unspecified atom stereocenters. The molecule has 0 bridgehead atoms. The van der Waals surface area contributed by atoms with Gasteiger partial charge in [-0.25, -0.2) is 4.98 Å². The summed E-state index contributed by atoms with van der Waals surface area (Å²) in [6, 6.07) is 20.0. The Labute approximate surface area is 199 Å². The maximum atomic E-state index is 13.1. The van der Waals surface area contributed by atoms with Crippen LogP contribution in [0.2, 0.25) is 0 Å². The molecule has 0 saturated carbocycles. The molecule has 7 nitrogen and oxygen atoms in total. The van der Waals surface area contributed by atoms with Gasteiger partial charge in [0.25, 0.3) is 5.91 Å². The number of benzene rings is 2. The van der Waals surface area contributed by atoms with Crippen LogP contribution in [0.4, 0.5) is 0 Å². The van der Waals surface area contributed by atoms with Crippen LogP contribution in [0.15, 0.2) is 73.1 Å². The number of hydrogen-bond acceptors (Lipinski definition) is 5. The summed E-state index contributed by atoms with van der Waals surface area (Å²) in [5, 5.41) is 0. The average Bonchev–Trinajstić information content (AvgIpc) is 3.33. The highest BCUT2D eigenvalue weighted by atomic mass is 16.5. The average molecular weight is 457 g/mol. The van der Waals surface area contributed by atoms with Crippen molar-refractivity contribution in [3.05, 3.63) is 84.3 Å². The molecule has 0 aliphatic carbocycles. The van der Waals surface area contributed by atoms with E-state index >= 15 is 0 Å². The fourth-order valence-corrected chi connectivity index (χ4v) is 4.33. The fourth-order valence-electron chi connectivity index (χ4n) is 4.33. The molecule has 34 heavy (non-hydrogen) atoms. The van der Waals surface area contributed by atoms with E-state index in [1.54, 1.807) is 14.2 Å². The fraction of sp³-hybridized carbons (Fsp3) is 0.259. The Balaban J connectivity index is 1.24. The first-order chi connectivity index (χ1) is 16.6. The number of aromatic nitrogens is 2. The third-order valence-electron chi connectivity index (χ3n) is 6.30. The summed E-state index contributed by atoms with van der Waals surface area (Å²) in [5.74, 6) is 1.66. The monoisotopic (exact) mass is 456 g/mol. The zero-order valence-electron chi connectivity index (χ0n) is 19.5. The molecule has 2 aromatic heterocycles. The van der Waals surface area contributed by atoms with Crippen molar-refractivity contribution in [2.24, 2.45) is 0 Å². The molecule has 1 aliphatic heterocycles. The van der Waals surface area contributed by atoms with Crippen LogP contribution >= 0.6 is 0 Å². The second-order valence-corrected chi connectivity index (χ2v) is 8.46. The molecule has 1 fully saturated rings. The summed E-state index contributed by atoms with van der Waals surface area (Å²) in [5.41, 5.74) is 4.57. The molecule has 3 heterocycles. The van der Waals surface area contributed by atoms with Gasteiger partial charge in [-0.15, -0.1) is 0 Å². The molecule has 1 aliphatic rings. The lowest BCUT2D eigenvalue weighted by Gasteiger charge is -2.34. The molecule has 2 aromatic carbocycles. The van der Waals surface area contributed by atoms with Gasteiger partial charge in [0.2, 0.25) is 0 Å². The molecule has 4 aromatic rings. The number of piperazine rings is 1. The molecular weight excluding hydrogens is 428 g/mol. The zero-order valence-corrected chi connectivity index (χ0v) is 19.5. The van der Waals surface area contributed by atoms with Gasteiger partial charge in [-0.05, 0) is 53.1 Å². The van der Waals surface area contributed by atoms with Gasteiger partial charge < -0.3 is 18.8 Å². The predicted octanol–water partition coefficient (Wildman–Crippen LogP) is 3.98. The minimum Gasteiger partial charge on any atom is -0.497 e. The highest BCUT2D eigenvalue weighted by Crippen LogP contribution is 2.24. The Morgan fingerprint density at radius 1 is 0.853 bits per heavy atom. The van der Waals surface area contributed by atoms with E-state index in [0.717, 1.165) is 47.9 Å². The maximum absolute atomic E-state index is 13.1. The highest BCUT2D eigenvalue weighted by Gasteiger charge is 2.24. The Hall–Kier alpha value is -3.84. The van der Waals surface area contributed by atoms with Crippen molar-refractivity contribution in [3.63, 3.8) is 0 Å². The van der Waals surface area contributed by atoms with Crippen molar-refractivity contribution >= 4 is 11.6 Å². The molecule has 0 spiro atoms. The van der Waals surface area contributed by atoms with Crippen molar-refractivity contribution in [1.29, 1.82) is 0 Å². The molecule has 1 amide bonds. The van der Waals surface area contributed by atoms with Crippen LogP contribution in [-0.4, -0.2) is 65.5 Å². The van der Waals surface area contributed by atoms with Gasteiger partial charge in [0.1, 0.15) is 22.8 Å². The number of rotatable bonds is 6. The SMILES string of the molecule is COc1ccc(CN2CCN(C(=O)c3cn4cc(-c5cccc(OC)c5)ccc4n3)CC2)cc1. The molecule has 7 heteroatoms. The minimum atomic E-state index is -0.0178. The number of methoxy groups -OCH3 is 2. The van der Waals surface area contributed by atoms with E-state index in [4.69, 9.17) is 9.47 Å². The van der Waals surface area contributed by atoms with Gasteiger partial charge in [-0.1, -0.05) is 24.3 Å². The number of amides is 1. The quantitative estimate of drug-likeness (QED) is 0.439. The first kappa shape index (κ1) is 22.0. The normalized spacial score (nSPS) is 14.4. The van der Waals surface area contributed by atoms with Crippen LogP contribution in [0, 0.1) is 0 Å². The molecule has 0 atom stereocenters. The first-order valence-electron chi connectivity index (χ1n) is 11.4. The topological polar surface area (TPSA) is 59.3 Å². The Morgan fingerprint density at radius 2 is 1.62 bits per heavy atom. The van der Waals surface area contributed by atoms with Crippen LogP contribution < -0.4 is 9.47 Å². The Kier molecular flexibility index (Phi) is 6.18. The van der Waals surface area contributed by atoms with Crippen LogP contribution in [-0.2, 0) is 6.54 Å². The predicted molar refractivity (Wildman–Crippen MR) is 131 cm³/mol. The Bertz CT molecular complexity index is 1290. The van der Waals surface area contributed by atoms with Crippen molar-refractivity contribution in [3.8, 4) is 22.6 Å². The smallest absolute Gasteiger partial charge is 0.274 e. The van der Waals surface area contributed by atoms with Crippen molar-refractivity contribution in [1.82, 2.24) is 19.2 Å². The van der Waals surface area contributed by atoms with Gasteiger partial charge in [0, 0.05) is 45.1 Å². The van der Waals surface area contributed by atoms with Gasteiger partial charge >= 0.3 is 0 Å². The number of carbonyl (C=O) groups excluding carboxylic acids is 1. The molecule has 0 N–H and O–H groups in total. The summed E-state index contributed by atoms with van der Waals surface area (Å²) in [6.07, 6.45) is 3.83. The van der Waals surface area contributed by atoms with Crippen molar-refractivity contribution < 1.29 is 14.3 Å². The number of nitrogens with zero attached hydrogens (tertiary/aromatic N) is 4. The first-order valence-corrected chi connectivity index (χ1v) is 11.4. The van der Waals surface area contributed by atoms with Gasteiger partial charge in [0.05, 0.1) is 14.2 Å². The van der Waals surface area contributed by atoms with E-state index in [2.05, 4.69) is 22.0 Å². The zero-order chi connectivity index (χ0) is 23.5. The third kappa shape index (κ3) is 4.61. The molecule has 5 rings (SSSR count). The van der Waals surface area contributed by atoms with Crippen LogP contribution in [0.5, 0.6) is 11.5 Å². The number of ether oxygens (including phenoxy) is 2. The summed E-state index contributed by atoms with van der Waals surface area (Å²) in [6.45, 7) is 3.93. The van der Waals surface area contributed by atoms with E-state index in [9.17, 15) is 4.79 Å². The van der Waals surface area contributed by atoms with E-state index in [1.807, 2.05) is 70.2 Å². The third-order valence-corrected chi connectivity index (χ3v) is 6.30. The van der Waals surface area contributed by atoms with Gasteiger partial charge in [0.15, 0.2) is 0 Å². The number of hydrogen-bond donors (Lipinski definition) is 0. The second kappa shape index (κ2) is 9.57. The van der Waals surface area contributed by atoms with E-state index < -0.39 is 0 Å². The number of imidazole rings is 1. The summed E-state index contributed by atoms with van der Waals surface area (Å²) < 4.78 is 12.5. The Morgan fingerprint density at radius 3 is 2.35 bits per heavy atom. The summed E-state index contributed by atoms with van der Waals surface area (Å²) in [4.78, 5) is 22.0. The van der Waals surface area contributed by atoms with Crippen molar-refractivity contribution in [2.75, 3.05) is 40.4 Å². The van der Waals surface area contributed by atoms with Crippen molar-refractivity contribution in [2.45, 2.75) is 6.54 Å². The van der Waals surface area contributed by atoms with Crippen LogP contribution in [0.25, 0.3) is 16.8 Å². The number of pyridine rings is 1. The molecule has 0 radical (unpaired) electrons. The largest absolute Gasteiger partial charge is 0.497 e. The molecule has 1 saturated heterocycles. The lowest BCUT2D eigenvalue weighted by atomic mass is 10.1. The molecule has 174 valence electrons. The highest BCUT2D eigenvalue weighted by molar-refractivity contribution is 5.93. The minimum absolute atomic E-state index is 0.0178.